The normalized spacial score (nSPS) is 11.2. The summed E-state index contributed by atoms with van der Waals surface area (Å²) in [4.78, 5) is 16.7. The van der Waals surface area contributed by atoms with Crippen molar-refractivity contribution in [3.05, 3.63) is 556 Å². The molecule has 7 nitrogen and oxygen atoms in total. The molecular formula is C142H125N7. The molecule has 21 aromatic carbocycles. The van der Waals surface area contributed by atoms with Gasteiger partial charge in [-0.2, -0.15) is 0 Å². The van der Waals surface area contributed by atoms with Gasteiger partial charge in [-0.1, -0.05) is 299 Å². The van der Waals surface area contributed by atoms with Crippen LogP contribution in [0.2, 0.25) is 0 Å². The first-order chi connectivity index (χ1) is 72.4. The van der Waals surface area contributed by atoms with Gasteiger partial charge in [-0.05, 0) is 435 Å². The average Bonchev–Trinajstić information content (AvgIpc) is 0.776. The number of rotatable bonds is 27. The van der Waals surface area contributed by atoms with E-state index in [-0.39, 0.29) is 0 Å². The Hall–Kier alpha value is -17.8. The predicted octanol–water partition coefficient (Wildman–Crippen LogP) is 40.9. The van der Waals surface area contributed by atoms with Crippen molar-refractivity contribution in [2.75, 3.05) is 34.3 Å². The molecular weight excluding hydrogens is 1800 g/mol. The number of aryl methyl sites for hydroxylation is 16. The number of anilines is 21. The lowest BCUT2D eigenvalue weighted by Crippen LogP contribution is -2.12. The lowest BCUT2D eigenvalue weighted by molar-refractivity contribution is 1.23. The summed E-state index contributed by atoms with van der Waals surface area (Å²) in [5.41, 5.74) is 56.7. The Morgan fingerprint density at radius 1 is 0.0872 bits per heavy atom. The lowest BCUT2D eigenvalue weighted by atomic mass is 9.99. The maximum atomic E-state index is 2.40. The fourth-order valence-electron chi connectivity index (χ4n) is 21.3. The van der Waals surface area contributed by atoms with Crippen molar-refractivity contribution in [3.63, 3.8) is 0 Å². The summed E-state index contributed by atoms with van der Waals surface area (Å²) in [5, 5.41) is 0. The van der Waals surface area contributed by atoms with Crippen molar-refractivity contribution in [2.45, 2.75) is 111 Å². The van der Waals surface area contributed by atoms with Crippen molar-refractivity contribution < 1.29 is 0 Å². The Bertz CT molecular complexity index is 8340. The van der Waals surface area contributed by atoms with E-state index in [0.717, 1.165) is 175 Å². The molecule has 0 heterocycles. The maximum absolute atomic E-state index is 2.40. The van der Waals surface area contributed by atoms with Crippen molar-refractivity contribution in [3.8, 4) is 66.8 Å². The summed E-state index contributed by atoms with van der Waals surface area (Å²) >= 11 is 0. The van der Waals surface area contributed by atoms with E-state index in [1.54, 1.807) is 0 Å². The first-order valence-electron chi connectivity index (χ1n) is 51.9. The van der Waals surface area contributed by atoms with Crippen LogP contribution < -0.4 is 34.3 Å². The van der Waals surface area contributed by atoms with Gasteiger partial charge in [-0.3, -0.25) is 0 Å². The van der Waals surface area contributed by atoms with Crippen LogP contribution >= 0.6 is 0 Å². The highest BCUT2D eigenvalue weighted by molar-refractivity contribution is 5.91. The van der Waals surface area contributed by atoms with Gasteiger partial charge in [0.2, 0.25) is 0 Å². The summed E-state index contributed by atoms with van der Waals surface area (Å²) in [7, 11) is 0. The maximum Gasteiger partial charge on any atom is 0.0491 e. The largest absolute Gasteiger partial charge is 0.310 e. The summed E-state index contributed by atoms with van der Waals surface area (Å²) in [6, 6.07) is 173. The van der Waals surface area contributed by atoms with E-state index in [9.17, 15) is 0 Å². The number of hydrogen-bond donors (Lipinski definition) is 0. The molecule has 0 atom stereocenters. The predicted molar refractivity (Wildman–Crippen MR) is 638 cm³/mol. The van der Waals surface area contributed by atoms with Crippen LogP contribution in [0.4, 0.5) is 119 Å². The van der Waals surface area contributed by atoms with Crippen molar-refractivity contribution in [1.29, 1.82) is 0 Å². The highest BCUT2D eigenvalue weighted by atomic mass is 15.2. The van der Waals surface area contributed by atoms with Crippen LogP contribution in [0.3, 0.4) is 0 Å². The zero-order valence-corrected chi connectivity index (χ0v) is 88.1. The molecule has 0 bridgehead atoms. The highest BCUT2D eigenvalue weighted by Gasteiger charge is 2.26. The van der Waals surface area contributed by atoms with Crippen LogP contribution in [0.15, 0.2) is 467 Å². The van der Waals surface area contributed by atoms with E-state index in [1.165, 1.54) is 100 Å². The molecule has 0 fully saturated rings. The van der Waals surface area contributed by atoms with E-state index < -0.39 is 0 Å². The van der Waals surface area contributed by atoms with Gasteiger partial charge < -0.3 is 34.3 Å². The molecule has 0 unspecified atom stereocenters. The van der Waals surface area contributed by atoms with E-state index in [2.05, 4.69) is 612 Å². The van der Waals surface area contributed by atoms with Gasteiger partial charge in [0.05, 0.1) is 0 Å². The molecule has 728 valence electrons. The molecule has 21 aromatic rings. The first-order valence-corrected chi connectivity index (χ1v) is 51.9. The fourth-order valence-corrected chi connectivity index (χ4v) is 21.3. The van der Waals surface area contributed by atoms with Gasteiger partial charge in [0.25, 0.3) is 0 Å². The number of benzene rings is 21. The van der Waals surface area contributed by atoms with E-state index in [0.29, 0.717) is 0 Å². The Labute approximate surface area is 881 Å². The van der Waals surface area contributed by atoms with Crippen LogP contribution in [0.1, 0.15) is 89.0 Å². The Morgan fingerprint density at radius 3 is 0.302 bits per heavy atom. The van der Waals surface area contributed by atoms with Crippen LogP contribution in [0, 0.1) is 111 Å². The van der Waals surface area contributed by atoms with Gasteiger partial charge in [-0.15, -0.1) is 0 Å². The summed E-state index contributed by atoms with van der Waals surface area (Å²) in [6.45, 7) is 34.9. The number of hydrogen-bond acceptors (Lipinski definition) is 7. The van der Waals surface area contributed by atoms with Gasteiger partial charge in [-0.25, -0.2) is 0 Å². The minimum atomic E-state index is 1.08. The second-order valence-corrected chi connectivity index (χ2v) is 40.6. The van der Waals surface area contributed by atoms with Gasteiger partial charge in [0.15, 0.2) is 0 Å². The molecule has 0 aliphatic heterocycles. The molecule has 0 N–H and O–H groups in total. The van der Waals surface area contributed by atoms with E-state index in [1.807, 2.05) is 0 Å². The van der Waals surface area contributed by atoms with Gasteiger partial charge >= 0.3 is 0 Å². The van der Waals surface area contributed by atoms with Gasteiger partial charge in [0.1, 0.15) is 0 Å². The lowest BCUT2D eigenvalue weighted by Gasteiger charge is -2.28. The Kier molecular flexibility index (Phi) is 27.5. The van der Waals surface area contributed by atoms with Crippen LogP contribution in [-0.4, -0.2) is 0 Å². The highest BCUT2D eigenvalue weighted by Crippen LogP contribution is 2.50. The van der Waals surface area contributed by atoms with Crippen molar-refractivity contribution >= 4 is 119 Å². The summed E-state index contributed by atoms with van der Waals surface area (Å²) in [5.74, 6) is 0. The first kappa shape index (κ1) is 97.3. The third-order valence-electron chi connectivity index (χ3n) is 29.3. The molecule has 0 amide bonds. The topological polar surface area (TPSA) is 22.7 Å². The van der Waals surface area contributed by atoms with Crippen molar-refractivity contribution in [1.82, 2.24) is 0 Å². The minimum absolute atomic E-state index is 1.08. The summed E-state index contributed by atoms with van der Waals surface area (Å²) in [6.07, 6.45) is 0. The molecule has 0 saturated carbocycles. The Balaban J connectivity index is 0.505. The van der Waals surface area contributed by atoms with Gasteiger partial charge in [0, 0.05) is 119 Å². The molecule has 0 aliphatic rings. The smallest absolute Gasteiger partial charge is 0.0491 e. The number of nitrogens with zero attached hydrogens (tertiary/aromatic N) is 7. The molecule has 0 spiro atoms. The van der Waals surface area contributed by atoms with E-state index >= 15 is 0 Å². The quantitative estimate of drug-likeness (QED) is 0.0505. The zero-order chi connectivity index (χ0) is 103. The molecule has 0 radical (unpaired) electrons. The van der Waals surface area contributed by atoms with Crippen LogP contribution in [0.5, 0.6) is 0 Å². The average molecular weight is 1930 g/mol. The summed E-state index contributed by atoms with van der Waals surface area (Å²) < 4.78 is 0. The Morgan fingerprint density at radius 2 is 0.181 bits per heavy atom. The molecule has 0 aromatic heterocycles. The van der Waals surface area contributed by atoms with Crippen molar-refractivity contribution in [2.24, 2.45) is 0 Å². The monoisotopic (exact) mass is 1930 g/mol. The fraction of sp³-hybridized carbons (Fsp3) is 0.113. The molecule has 149 heavy (non-hydrogen) atoms. The van der Waals surface area contributed by atoms with Crippen LogP contribution in [-0.2, 0) is 0 Å². The second kappa shape index (κ2) is 42.1. The second-order valence-electron chi connectivity index (χ2n) is 40.6. The third kappa shape index (κ3) is 20.7. The molecule has 21 rings (SSSR count). The standard InChI is InChI=1S/C142H125N7/c1-94-17-52-122(53-18-94)143(136-80-23-97(4)87-103(136)10)125-58-29-110(30-59-125)113-35-64-128(65-36-113)146(138-82-25-99(6)89-105(138)12)131-70-41-116(42-71-131)117-43-72-132(73-44-117)148(140-84-27-101(8)91-107(140)14)130-68-39-115(40-69-130)112-33-62-127(63-34-112)145(124-56-21-96(3)22-57-124)142-86-51-121(93-109(142)16)120-49-78-135(79-50-120)149(141-85-28-102(9)92-108(141)15)134-76-47-119(48-77-134)118-45-74-133(75-46-118)147(139-83-26-100(7)90-106(139)13)129-66-37-114(38-67-129)111-31-60-126(61-32-111)144(123-54-19-95(2)20-55-123)137-81-24-98(5)88-104(137)11/h17-93H,1-16H3. The van der Waals surface area contributed by atoms with E-state index in [4.69, 9.17) is 0 Å². The molecule has 7 heteroatoms. The van der Waals surface area contributed by atoms with Crippen LogP contribution in [0.25, 0.3) is 66.8 Å². The molecule has 0 saturated heterocycles. The SMILES string of the molecule is Cc1ccc(N(c2ccc(-c3ccc(N(c4ccc(-c5ccc(N(c6ccc(-c7ccc(N(c8ccc(C)cc8)c8ccc(-c9ccc(N(c%10ccc(-c%11ccc(N(c%12ccc(-c%13ccc(N(c%14ccc(C)cc%14)c%14ccc(C)cc%14C)cc%13)cc%12)c%12ccc(C)cc%12C)cc%11)cc%10)c%10ccc(C)cc%10C)cc9)cc8C)cc7)cc6)c6ccc(C)cc6C)cc5)cc4)c4ccc(C)cc4C)cc3)cc2)c2ccc(C)cc2C)cc1. The third-order valence-corrected chi connectivity index (χ3v) is 29.3. The zero-order valence-electron chi connectivity index (χ0n) is 88.1. The minimum Gasteiger partial charge on any atom is -0.310 e. The molecule has 0 aliphatic carbocycles.